The monoisotopic (exact) mass is 214 g/mol. The lowest BCUT2D eigenvalue weighted by molar-refractivity contribution is -0.00898. The van der Waals surface area contributed by atoms with Gasteiger partial charge in [-0.15, -0.1) is 0 Å². The number of piperidine rings is 1. The Morgan fingerprint density at radius 2 is 1.93 bits per heavy atom. The largest absolute Gasteiger partial charge is 0.379 e. The Hall–Kier alpha value is -0.120. The lowest BCUT2D eigenvalue weighted by Gasteiger charge is -2.38. The lowest BCUT2D eigenvalue weighted by atomic mass is 9.96. The van der Waals surface area contributed by atoms with Crippen molar-refractivity contribution < 1.29 is 4.74 Å². The van der Waals surface area contributed by atoms with E-state index in [2.05, 4.69) is 25.7 Å². The molecule has 1 rings (SSSR count). The summed E-state index contributed by atoms with van der Waals surface area (Å²) in [6.07, 6.45) is 3.36. The van der Waals surface area contributed by atoms with Gasteiger partial charge in [-0.1, -0.05) is 0 Å². The fraction of sp³-hybridized carbons (Fsp3) is 1.00. The van der Waals surface area contributed by atoms with Gasteiger partial charge >= 0.3 is 0 Å². The van der Waals surface area contributed by atoms with Crippen LogP contribution < -0.4 is 5.73 Å². The van der Waals surface area contributed by atoms with E-state index >= 15 is 0 Å². The second-order valence-corrected chi connectivity index (χ2v) is 5.39. The van der Waals surface area contributed by atoms with Crippen LogP contribution in [0.1, 0.15) is 40.0 Å². The van der Waals surface area contributed by atoms with Crippen molar-refractivity contribution in [2.75, 3.05) is 20.2 Å². The van der Waals surface area contributed by atoms with E-state index in [0.717, 1.165) is 32.4 Å². The molecule has 0 bridgehead atoms. The summed E-state index contributed by atoms with van der Waals surface area (Å²) in [7, 11) is 1.79. The van der Waals surface area contributed by atoms with E-state index in [1.54, 1.807) is 7.11 Å². The first-order valence-corrected chi connectivity index (χ1v) is 5.99. The molecule has 15 heavy (non-hydrogen) atoms. The third kappa shape index (κ3) is 4.09. The van der Waals surface area contributed by atoms with Crippen LogP contribution in [-0.2, 0) is 4.74 Å². The molecule has 1 unspecified atom stereocenters. The first-order chi connectivity index (χ1) is 6.94. The minimum atomic E-state index is -0.0149. The molecule has 1 aliphatic heterocycles. The highest BCUT2D eigenvalue weighted by Gasteiger charge is 2.26. The van der Waals surface area contributed by atoms with Crippen LogP contribution in [-0.4, -0.2) is 42.8 Å². The minimum Gasteiger partial charge on any atom is -0.379 e. The van der Waals surface area contributed by atoms with Gasteiger partial charge in [-0.05, 0) is 53.1 Å². The van der Waals surface area contributed by atoms with Crippen molar-refractivity contribution in [3.63, 3.8) is 0 Å². The maximum Gasteiger partial charge on any atom is 0.0637 e. The molecule has 1 heterocycles. The molecule has 0 amide bonds. The molecule has 0 saturated carbocycles. The maximum atomic E-state index is 5.90. The van der Waals surface area contributed by atoms with Crippen LogP contribution in [0.5, 0.6) is 0 Å². The van der Waals surface area contributed by atoms with Crippen LogP contribution in [0.25, 0.3) is 0 Å². The lowest BCUT2D eigenvalue weighted by Crippen LogP contribution is -2.46. The Morgan fingerprint density at radius 1 is 1.40 bits per heavy atom. The second kappa shape index (κ2) is 5.28. The van der Waals surface area contributed by atoms with Gasteiger partial charge in [0, 0.05) is 19.2 Å². The zero-order valence-electron chi connectivity index (χ0n) is 10.6. The Bertz CT molecular complexity index is 186. The van der Waals surface area contributed by atoms with Gasteiger partial charge < -0.3 is 15.4 Å². The number of rotatable bonds is 4. The van der Waals surface area contributed by atoms with Crippen molar-refractivity contribution in [2.24, 2.45) is 5.73 Å². The van der Waals surface area contributed by atoms with Crippen LogP contribution in [0.4, 0.5) is 0 Å². The number of hydrogen-bond acceptors (Lipinski definition) is 3. The van der Waals surface area contributed by atoms with Gasteiger partial charge in [0.15, 0.2) is 0 Å². The smallest absolute Gasteiger partial charge is 0.0637 e. The first-order valence-electron chi connectivity index (χ1n) is 5.99. The van der Waals surface area contributed by atoms with Gasteiger partial charge in [0.05, 0.1) is 5.60 Å². The number of hydrogen-bond donors (Lipinski definition) is 1. The van der Waals surface area contributed by atoms with Crippen molar-refractivity contribution in [2.45, 2.75) is 57.7 Å². The summed E-state index contributed by atoms with van der Waals surface area (Å²) >= 11 is 0. The average molecular weight is 214 g/mol. The predicted octanol–water partition coefficient (Wildman–Crippen LogP) is 1.61. The van der Waals surface area contributed by atoms with Crippen LogP contribution in [0.15, 0.2) is 0 Å². The third-order valence-electron chi connectivity index (χ3n) is 3.54. The van der Waals surface area contributed by atoms with Crippen molar-refractivity contribution in [1.82, 2.24) is 4.90 Å². The molecular weight excluding hydrogens is 188 g/mol. The fourth-order valence-corrected chi connectivity index (χ4v) is 2.28. The molecule has 3 nitrogen and oxygen atoms in total. The van der Waals surface area contributed by atoms with Crippen molar-refractivity contribution in [3.8, 4) is 0 Å². The standard InChI is InChI=1S/C12H26N2O/c1-10(9-12(2,3)15-4)14-7-5-11(13)6-8-14/h10-11H,5-9,13H2,1-4H3. The Morgan fingerprint density at radius 3 is 2.40 bits per heavy atom. The molecule has 1 fully saturated rings. The summed E-state index contributed by atoms with van der Waals surface area (Å²) in [6, 6.07) is 1.01. The summed E-state index contributed by atoms with van der Waals surface area (Å²) in [5.74, 6) is 0. The van der Waals surface area contributed by atoms with E-state index in [0.29, 0.717) is 12.1 Å². The average Bonchev–Trinajstić information content (AvgIpc) is 2.18. The SMILES string of the molecule is COC(C)(C)CC(C)N1CCC(N)CC1. The highest BCUT2D eigenvalue weighted by atomic mass is 16.5. The molecule has 1 saturated heterocycles. The first kappa shape index (κ1) is 12.9. The maximum absolute atomic E-state index is 5.90. The fourth-order valence-electron chi connectivity index (χ4n) is 2.28. The normalized spacial score (nSPS) is 23.0. The van der Waals surface area contributed by atoms with Crippen molar-refractivity contribution in [1.29, 1.82) is 0 Å². The number of likely N-dealkylation sites (tertiary alicyclic amines) is 1. The van der Waals surface area contributed by atoms with Gasteiger partial charge in [-0.3, -0.25) is 0 Å². The van der Waals surface area contributed by atoms with E-state index in [1.807, 2.05) is 0 Å². The van der Waals surface area contributed by atoms with Gasteiger partial charge in [-0.25, -0.2) is 0 Å². The Labute approximate surface area is 94.0 Å². The zero-order valence-corrected chi connectivity index (χ0v) is 10.6. The zero-order chi connectivity index (χ0) is 11.5. The molecule has 0 aromatic heterocycles. The summed E-state index contributed by atoms with van der Waals surface area (Å²) in [6.45, 7) is 8.88. The molecule has 90 valence electrons. The number of methoxy groups -OCH3 is 1. The van der Waals surface area contributed by atoms with Crippen LogP contribution in [0.3, 0.4) is 0 Å². The topological polar surface area (TPSA) is 38.5 Å². The molecule has 1 atom stereocenters. The van der Waals surface area contributed by atoms with Gasteiger partial charge in [-0.2, -0.15) is 0 Å². The van der Waals surface area contributed by atoms with Crippen molar-refractivity contribution in [3.05, 3.63) is 0 Å². The van der Waals surface area contributed by atoms with E-state index in [9.17, 15) is 0 Å². The Balaban J connectivity index is 2.37. The molecule has 0 aliphatic carbocycles. The van der Waals surface area contributed by atoms with E-state index in [4.69, 9.17) is 10.5 Å². The van der Waals surface area contributed by atoms with E-state index in [-0.39, 0.29) is 5.60 Å². The summed E-state index contributed by atoms with van der Waals surface area (Å²) in [5, 5.41) is 0. The summed E-state index contributed by atoms with van der Waals surface area (Å²) < 4.78 is 5.47. The third-order valence-corrected chi connectivity index (χ3v) is 3.54. The number of nitrogens with two attached hydrogens (primary N) is 1. The molecule has 3 heteroatoms. The van der Waals surface area contributed by atoms with Gasteiger partial charge in [0.25, 0.3) is 0 Å². The number of nitrogens with zero attached hydrogens (tertiary/aromatic N) is 1. The quantitative estimate of drug-likeness (QED) is 0.773. The molecule has 0 radical (unpaired) electrons. The van der Waals surface area contributed by atoms with E-state index < -0.39 is 0 Å². The molecule has 1 aliphatic rings. The summed E-state index contributed by atoms with van der Waals surface area (Å²) in [4.78, 5) is 2.53. The van der Waals surface area contributed by atoms with Crippen LogP contribution in [0, 0.1) is 0 Å². The van der Waals surface area contributed by atoms with Crippen LogP contribution in [0.2, 0.25) is 0 Å². The van der Waals surface area contributed by atoms with E-state index in [1.165, 1.54) is 0 Å². The Kier molecular flexibility index (Phi) is 4.56. The van der Waals surface area contributed by atoms with Gasteiger partial charge in [0.1, 0.15) is 0 Å². The van der Waals surface area contributed by atoms with Gasteiger partial charge in [0.2, 0.25) is 0 Å². The highest BCUT2D eigenvalue weighted by molar-refractivity contribution is 4.82. The molecule has 0 aromatic rings. The highest BCUT2D eigenvalue weighted by Crippen LogP contribution is 2.21. The van der Waals surface area contributed by atoms with Crippen LogP contribution >= 0.6 is 0 Å². The molecular formula is C12H26N2O. The second-order valence-electron chi connectivity index (χ2n) is 5.39. The molecule has 0 spiro atoms. The molecule has 2 N–H and O–H groups in total. The minimum absolute atomic E-state index is 0.0149. The number of ether oxygens (including phenoxy) is 1. The summed E-state index contributed by atoms with van der Waals surface area (Å²) in [5.41, 5.74) is 5.88. The molecule has 0 aromatic carbocycles. The van der Waals surface area contributed by atoms with Crippen molar-refractivity contribution >= 4 is 0 Å². The predicted molar refractivity (Wildman–Crippen MR) is 63.9 cm³/mol.